The molecule has 0 aromatic carbocycles. The second-order valence-corrected chi connectivity index (χ2v) is 12.3. The van der Waals surface area contributed by atoms with Crippen molar-refractivity contribution in [3.8, 4) is 0 Å². The molecule has 0 aromatic rings. The van der Waals surface area contributed by atoms with Gasteiger partial charge < -0.3 is 14.9 Å². The molecule has 0 N–H and O–H groups in total. The number of rotatable bonds is 6. The SMILES string of the molecule is C=CCCC(CC1CCC2C=CC=CC21)C1CCC2C=CC=CC21.[CH3-].[CH3-].[Cl][Zr+2][Cl]. The normalized spacial score (nSPS) is 33.9. The van der Waals surface area contributed by atoms with Gasteiger partial charge in [-0.25, -0.2) is 0 Å². The molecule has 0 bridgehead atoms. The molecule has 0 radical (unpaired) electrons. The van der Waals surface area contributed by atoms with Crippen LogP contribution in [0.15, 0.2) is 61.3 Å². The molecule has 0 spiro atoms. The predicted octanol–water partition coefficient (Wildman–Crippen LogP) is 8.77. The zero-order valence-corrected chi connectivity index (χ0v) is 22.1. The minimum absolute atomic E-state index is 0. The van der Waals surface area contributed by atoms with Crippen molar-refractivity contribution in [3.63, 3.8) is 0 Å². The maximum atomic E-state index is 4.93. The van der Waals surface area contributed by atoms with Gasteiger partial charge in [0.15, 0.2) is 0 Å². The van der Waals surface area contributed by atoms with Crippen molar-refractivity contribution >= 4 is 17.0 Å². The fraction of sp³-hybridized carbons (Fsp3) is 0.538. The summed E-state index contributed by atoms with van der Waals surface area (Å²) in [6.45, 7) is 3.99. The van der Waals surface area contributed by atoms with Crippen molar-refractivity contribution in [2.75, 3.05) is 0 Å². The average Bonchev–Trinajstić information content (AvgIpc) is 3.30. The summed E-state index contributed by atoms with van der Waals surface area (Å²) in [7, 11) is 9.87. The predicted molar refractivity (Wildman–Crippen MR) is 128 cm³/mol. The molecule has 4 aliphatic rings. The third-order valence-corrected chi connectivity index (χ3v) is 7.29. The Morgan fingerprint density at radius 3 is 2.07 bits per heavy atom. The third kappa shape index (κ3) is 7.08. The zero-order chi connectivity index (χ0) is 19.1. The molecule has 0 aromatic heterocycles. The molecule has 0 nitrogen and oxygen atoms in total. The van der Waals surface area contributed by atoms with E-state index >= 15 is 0 Å². The van der Waals surface area contributed by atoms with Gasteiger partial charge in [0.2, 0.25) is 0 Å². The summed E-state index contributed by atoms with van der Waals surface area (Å²) < 4.78 is 0. The molecule has 29 heavy (non-hydrogen) atoms. The van der Waals surface area contributed by atoms with E-state index in [4.69, 9.17) is 17.0 Å². The summed E-state index contributed by atoms with van der Waals surface area (Å²) in [5, 5.41) is 0. The third-order valence-electron chi connectivity index (χ3n) is 7.29. The van der Waals surface area contributed by atoms with Gasteiger partial charge in [0.25, 0.3) is 0 Å². The Hall–Kier alpha value is 0.163. The second-order valence-electron chi connectivity index (χ2n) is 8.53. The molecule has 4 aliphatic carbocycles. The fourth-order valence-electron chi connectivity index (χ4n) is 6.11. The molecule has 160 valence electrons. The van der Waals surface area contributed by atoms with Crippen molar-refractivity contribution in [1.29, 1.82) is 0 Å². The number of allylic oxidation sites excluding steroid dienone is 9. The van der Waals surface area contributed by atoms with Crippen molar-refractivity contribution in [1.82, 2.24) is 0 Å². The van der Waals surface area contributed by atoms with E-state index in [0.29, 0.717) is 0 Å². The van der Waals surface area contributed by atoms with Crippen molar-refractivity contribution in [2.45, 2.75) is 44.9 Å². The van der Waals surface area contributed by atoms with E-state index in [0.717, 1.165) is 41.4 Å². The topological polar surface area (TPSA) is 0 Å². The quantitative estimate of drug-likeness (QED) is 0.246. The van der Waals surface area contributed by atoms with Crippen LogP contribution in [0.25, 0.3) is 0 Å². The Bertz CT molecular complexity index is 592. The molecule has 0 amide bonds. The molecule has 4 rings (SSSR count). The second kappa shape index (κ2) is 14.3. The first-order valence-corrected chi connectivity index (χ1v) is 16.9. The number of halogens is 2. The fourth-order valence-corrected chi connectivity index (χ4v) is 6.11. The molecule has 2 saturated carbocycles. The van der Waals surface area contributed by atoms with Crippen molar-refractivity contribution in [3.05, 3.63) is 76.1 Å². The van der Waals surface area contributed by atoms with Gasteiger partial charge in [0.05, 0.1) is 0 Å². The summed E-state index contributed by atoms with van der Waals surface area (Å²) in [5.41, 5.74) is 0. The molecule has 0 saturated heterocycles. The van der Waals surface area contributed by atoms with E-state index in [1.54, 1.807) is 0 Å². The average molecular weight is 513 g/mol. The van der Waals surface area contributed by atoms with E-state index in [1.165, 1.54) is 44.9 Å². The molecule has 0 heterocycles. The summed E-state index contributed by atoms with van der Waals surface area (Å²) in [5.74, 6) is 5.97. The van der Waals surface area contributed by atoms with E-state index in [9.17, 15) is 0 Å². The van der Waals surface area contributed by atoms with Crippen LogP contribution in [-0.4, -0.2) is 0 Å². The molecule has 3 heteroatoms. The minimum atomic E-state index is -0.826. The van der Waals surface area contributed by atoms with Gasteiger partial charge in [0, 0.05) is 0 Å². The molecular weight excluding hydrogens is 474 g/mol. The molecule has 7 unspecified atom stereocenters. The van der Waals surface area contributed by atoms with Gasteiger partial charge >= 0.3 is 37.9 Å². The van der Waals surface area contributed by atoms with Crippen LogP contribution in [0.3, 0.4) is 0 Å². The number of fused-ring (bicyclic) bond motifs is 2. The Kier molecular flexibility index (Phi) is 13.4. The van der Waals surface area contributed by atoms with E-state index in [-0.39, 0.29) is 14.9 Å². The van der Waals surface area contributed by atoms with Gasteiger partial charge in [-0.1, -0.05) is 54.7 Å². The van der Waals surface area contributed by atoms with E-state index in [1.807, 2.05) is 0 Å². The van der Waals surface area contributed by atoms with Crippen LogP contribution < -0.4 is 0 Å². The molecule has 2 fully saturated rings. The van der Waals surface area contributed by atoms with Gasteiger partial charge in [0.1, 0.15) is 0 Å². The summed E-state index contributed by atoms with van der Waals surface area (Å²) in [4.78, 5) is 0. The van der Waals surface area contributed by atoms with Gasteiger partial charge in [-0.05, 0) is 86.4 Å². The van der Waals surface area contributed by atoms with Gasteiger partial charge in [-0.15, -0.1) is 6.58 Å². The first-order chi connectivity index (χ1) is 13.3. The Morgan fingerprint density at radius 1 is 0.862 bits per heavy atom. The van der Waals surface area contributed by atoms with Gasteiger partial charge in [-0.3, -0.25) is 0 Å². The van der Waals surface area contributed by atoms with Gasteiger partial charge in [-0.2, -0.15) is 0 Å². The molecular formula is C26H38Cl2Zr. The standard InChI is InChI=1S/C24H32.2CH3.2ClH.Zr/c1-2-3-8-20(24-16-15-19-10-5-7-12-23(19)24)17-21-14-13-18-9-4-6-11-22(18)21;;;;;/h2,4-7,9-12,18-24H,1,3,8,13-17H2;2*1H3;2*1H;/q;2*-1;;;+4/p-2. The van der Waals surface area contributed by atoms with E-state index in [2.05, 4.69) is 61.3 Å². The first-order valence-electron chi connectivity index (χ1n) is 10.6. The Labute approximate surface area is 199 Å². The maximum absolute atomic E-state index is 4.93. The summed E-state index contributed by atoms with van der Waals surface area (Å²) in [6.07, 6.45) is 30.9. The Balaban J connectivity index is 0.000000794. The molecule has 7 atom stereocenters. The number of hydrogen-bond donors (Lipinski definition) is 0. The summed E-state index contributed by atoms with van der Waals surface area (Å²) in [6, 6.07) is 0. The number of hydrogen-bond acceptors (Lipinski definition) is 0. The molecule has 0 aliphatic heterocycles. The monoisotopic (exact) mass is 510 g/mol. The summed E-state index contributed by atoms with van der Waals surface area (Å²) >= 11 is -0.826. The van der Waals surface area contributed by atoms with Crippen molar-refractivity contribution < 1.29 is 20.8 Å². The first kappa shape index (κ1) is 27.2. The van der Waals surface area contributed by atoms with Crippen LogP contribution in [0.1, 0.15) is 44.9 Å². The van der Waals surface area contributed by atoms with E-state index < -0.39 is 20.8 Å². The van der Waals surface area contributed by atoms with Crippen LogP contribution in [0, 0.1) is 56.3 Å². The van der Waals surface area contributed by atoms with Crippen LogP contribution in [-0.2, 0) is 20.8 Å². The van der Waals surface area contributed by atoms with Crippen molar-refractivity contribution in [2.24, 2.45) is 41.4 Å². The van der Waals surface area contributed by atoms with Crippen LogP contribution >= 0.6 is 17.0 Å². The van der Waals surface area contributed by atoms with Crippen LogP contribution in [0.4, 0.5) is 0 Å². The van der Waals surface area contributed by atoms with Crippen LogP contribution in [0.5, 0.6) is 0 Å². The van der Waals surface area contributed by atoms with Crippen LogP contribution in [0.2, 0.25) is 0 Å². The Morgan fingerprint density at radius 2 is 1.41 bits per heavy atom. The zero-order valence-electron chi connectivity index (χ0n) is 18.2.